The summed E-state index contributed by atoms with van der Waals surface area (Å²) in [4.78, 5) is 12.0. The van der Waals surface area contributed by atoms with Crippen LogP contribution in [0, 0.1) is 5.92 Å². The number of hydrogen-bond donors (Lipinski definition) is 0. The molecule has 0 bridgehead atoms. The average molecular weight is 345 g/mol. The first-order valence-electron chi connectivity index (χ1n) is 7.49. The minimum atomic E-state index is -0.283. The highest BCUT2D eigenvalue weighted by atomic mass is 35.5. The molecule has 7 heteroatoms. The third-order valence-electron chi connectivity index (χ3n) is 3.91. The van der Waals surface area contributed by atoms with Gasteiger partial charge in [0.25, 0.3) is 5.89 Å². The van der Waals surface area contributed by atoms with Crippen molar-refractivity contribution in [3.8, 4) is 11.5 Å². The molecule has 0 saturated heterocycles. The lowest BCUT2D eigenvalue weighted by molar-refractivity contribution is -0.147. The molecule has 1 aliphatic carbocycles. The molecule has 0 N–H and O–H groups in total. The Kier molecular flexibility index (Phi) is 3.82. The van der Waals surface area contributed by atoms with Gasteiger partial charge in [0, 0.05) is 5.92 Å². The van der Waals surface area contributed by atoms with Gasteiger partial charge in [-0.25, -0.2) is 0 Å². The van der Waals surface area contributed by atoms with Crippen molar-refractivity contribution in [2.24, 2.45) is 5.92 Å². The molecule has 0 spiro atoms. The standard InChI is InChI=1S/C17H13ClN2O4/c18-13-5-2-1-4-10(13)16-20-19-15(24-16)9-23-17(21)12-8-11(12)14-6-3-7-22-14/h1-7,11-12H,8-9H2/t11-,12-/m1/s1. The van der Waals surface area contributed by atoms with Crippen molar-refractivity contribution in [1.29, 1.82) is 0 Å². The second kappa shape index (κ2) is 6.13. The van der Waals surface area contributed by atoms with Gasteiger partial charge in [-0.15, -0.1) is 10.2 Å². The van der Waals surface area contributed by atoms with Crippen molar-refractivity contribution in [2.75, 3.05) is 0 Å². The number of esters is 1. The number of benzene rings is 1. The molecule has 3 aromatic rings. The highest BCUT2D eigenvalue weighted by molar-refractivity contribution is 6.33. The van der Waals surface area contributed by atoms with E-state index in [1.54, 1.807) is 18.4 Å². The van der Waals surface area contributed by atoms with Crippen molar-refractivity contribution < 1.29 is 18.4 Å². The SMILES string of the molecule is O=C(OCc1nnc(-c2ccccc2Cl)o1)[C@@H]1C[C@H]1c1ccco1. The summed E-state index contributed by atoms with van der Waals surface area (Å²) < 4.78 is 16.1. The molecule has 2 heterocycles. The van der Waals surface area contributed by atoms with Gasteiger partial charge in [0.1, 0.15) is 5.76 Å². The molecular weight excluding hydrogens is 332 g/mol. The fraction of sp³-hybridized carbons (Fsp3) is 0.235. The Bertz CT molecular complexity index is 859. The molecule has 2 aromatic heterocycles. The molecular formula is C17H13ClN2O4. The van der Waals surface area contributed by atoms with E-state index in [4.69, 9.17) is 25.2 Å². The molecule has 1 saturated carbocycles. The molecule has 2 atom stereocenters. The lowest BCUT2D eigenvalue weighted by Gasteiger charge is -2.00. The van der Waals surface area contributed by atoms with E-state index in [1.807, 2.05) is 24.3 Å². The van der Waals surface area contributed by atoms with Crippen LogP contribution < -0.4 is 0 Å². The van der Waals surface area contributed by atoms with Crippen LogP contribution in [0.15, 0.2) is 51.5 Å². The smallest absolute Gasteiger partial charge is 0.310 e. The molecule has 0 unspecified atom stereocenters. The van der Waals surface area contributed by atoms with Gasteiger partial charge in [-0.3, -0.25) is 4.79 Å². The number of carbonyl (C=O) groups is 1. The first-order chi connectivity index (χ1) is 11.7. The number of aromatic nitrogens is 2. The van der Waals surface area contributed by atoms with Gasteiger partial charge in [-0.05, 0) is 30.7 Å². The molecule has 4 rings (SSSR count). The molecule has 0 amide bonds. The predicted molar refractivity (Wildman–Crippen MR) is 84.1 cm³/mol. The number of halogens is 1. The van der Waals surface area contributed by atoms with Crippen LogP contribution in [0.2, 0.25) is 5.02 Å². The maximum atomic E-state index is 12.0. The third kappa shape index (κ3) is 2.92. The summed E-state index contributed by atoms with van der Waals surface area (Å²) >= 11 is 6.09. The highest BCUT2D eigenvalue weighted by Crippen LogP contribution is 2.48. The zero-order valence-corrected chi connectivity index (χ0v) is 13.3. The maximum Gasteiger partial charge on any atom is 0.310 e. The van der Waals surface area contributed by atoms with Crippen LogP contribution in [0.3, 0.4) is 0 Å². The zero-order valence-electron chi connectivity index (χ0n) is 12.5. The van der Waals surface area contributed by atoms with E-state index in [0.717, 1.165) is 12.2 Å². The molecule has 1 aliphatic rings. The van der Waals surface area contributed by atoms with E-state index in [1.165, 1.54) is 0 Å². The van der Waals surface area contributed by atoms with E-state index in [-0.39, 0.29) is 30.3 Å². The van der Waals surface area contributed by atoms with Crippen molar-refractivity contribution in [3.63, 3.8) is 0 Å². The number of nitrogens with zero attached hydrogens (tertiary/aromatic N) is 2. The van der Waals surface area contributed by atoms with Crippen LogP contribution in [-0.4, -0.2) is 16.2 Å². The highest BCUT2D eigenvalue weighted by Gasteiger charge is 2.47. The molecule has 1 fully saturated rings. The van der Waals surface area contributed by atoms with Crippen molar-refractivity contribution >= 4 is 17.6 Å². The summed E-state index contributed by atoms with van der Waals surface area (Å²) in [5.74, 6) is 1.00. The normalized spacial score (nSPS) is 19.2. The van der Waals surface area contributed by atoms with Crippen LogP contribution in [0.25, 0.3) is 11.5 Å². The van der Waals surface area contributed by atoms with E-state index in [2.05, 4.69) is 10.2 Å². The van der Waals surface area contributed by atoms with Crippen LogP contribution in [0.4, 0.5) is 0 Å². The van der Waals surface area contributed by atoms with E-state index in [9.17, 15) is 4.79 Å². The quantitative estimate of drug-likeness (QED) is 0.654. The summed E-state index contributed by atoms with van der Waals surface area (Å²) in [5, 5.41) is 8.33. The van der Waals surface area contributed by atoms with Gasteiger partial charge in [0.05, 0.1) is 22.8 Å². The Morgan fingerprint density at radius 3 is 2.92 bits per heavy atom. The Balaban J connectivity index is 1.36. The van der Waals surface area contributed by atoms with Gasteiger partial charge in [0.15, 0.2) is 6.61 Å². The topological polar surface area (TPSA) is 78.4 Å². The summed E-state index contributed by atoms with van der Waals surface area (Å²) in [6.45, 7) is -0.0579. The van der Waals surface area contributed by atoms with Crippen molar-refractivity contribution in [1.82, 2.24) is 10.2 Å². The van der Waals surface area contributed by atoms with Gasteiger partial charge in [0.2, 0.25) is 5.89 Å². The number of furan rings is 1. The average Bonchev–Trinajstić information content (AvgIpc) is 3.00. The zero-order chi connectivity index (χ0) is 16.5. The van der Waals surface area contributed by atoms with Gasteiger partial charge in [-0.1, -0.05) is 23.7 Å². The molecule has 0 aliphatic heterocycles. The summed E-state index contributed by atoms with van der Waals surface area (Å²) in [7, 11) is 0. The van der Waals surface area contributed by atoms with Crippen molar-refractivity contribution in [3.05, 3.63) is 59.3 Å². The van der Waals surface area contributed by atoms with E-state index >= 15 is 0 Å². The van der Waals surface area contributed by atoms with E-state index < -0.39 is 0 Å². The second-order valence-electron chi connectivity index (χ2n) is 5.55. The first-order valence-corrected chi connectivity index (χ1v) is 7.87. The summed E-state index contributed by atoms with van der Waals surface area (Å²) in [6.07, 6.45) is 2.34. The van der Waals surface area contributed by atoms with Crippen LogP contribution >= 0.6 is 11.6 Å². The minimum Gasteiger partial charge on any atom is -0.469 e. The third-order valence-corrected chi connectivity index (χ3v) is 4.24. The summed E-state index contributed by atoms with van der Waals surface area (Å²) in [6, 6.07) is 10.8. The monoisotopic (exact) mass is 344 g/mol. The van der Waals surface area contributed by atoms with Crippen molar-refractivity contribution in [2.45, 2.75) is 18.9 Å². The number of carbonyl (C=O) groups excluding carboxylic acids is 1. The lowest BCUT2D eigenvalue weighted by Crippen LogP contribution is -2.08. The molecule has 1 aromatic carbocycles. The van der Waals surface area contributed by atoms with E-state index in [0.29, 0.717) is 16.5 Å². The Hall–Kier alpha value is -2.60. The molecule has 6 nitrogen and oxygen atoms in total. The van der Waals surface area contributed by atoms with Gasteiger partial charge < -0.3 is 13.6 Å². The fourth-order valence-electron chi connectivity index (χ4n) is 2.57. The molecule has 24 heavy (non-hydrogen) atoms. The first kappa shape index (κ1) is 15.0. The molecule has 0 radical (unpaired) electrons. The largest absolute Gasteiger partial charge is 0.469 e. The summed E-state index contributed by atoms with van der Waals surface area (Å²) in [5.41, 5.74) is 0.643. The second-order valence-corrected chi connectivity index (χ2v) is 5.96. The minimum absolute atomic E-state index is 0.0579. The Morgan fingerprint density at radius 2 is 2.12 bits per heavy atom. The number of hydrogen-bond acceptors (Lipinski definition) is 6. The van der Waals surface area contributed by atoms with Crippen LogP contribution in [0.1, 0.15) is 24.0 Å². The lowest BCUT2D eigenvalue weighted by atomic mass is 10.2. The van der Waals surface area contributed by atoms with Gasteiger partial charge >= 0.3 is 5.97 Å². The fourth-order valence-corrected chi connectivity index (χ4v) is 2.78. The maximum absolute atomic E-state index is 12.0. The van der Waals surface area contributed by atoms with Crippen LogP contribution in [-0.2, 0) is 16.1 Å². The number of ether oxygens (including phenoxy) is 1. The Labute approximate surface area is 142 Å². The Morgan fingerprint density at radius 1 is 1.25 bits per heavy atom. The number of rotatable bonds is 5. The van der Waals surface area contributed by atoms with Gasteiger partial charge in [-0.2, -0.15) is 0 Å². The van der Waals surface area contributed by atoms with Crippen LogP contribution in [0.5, 0.6) is 0 Å². The molecule has 122 valence electrons. The predicted octanol–water partition coefficient (Wildman–Crippen LogP) is 3.83.